The second-order valence-corrected chi connectivity index (χ2v) is 8.08. The van der Waals surface area contributed by atoms with Crippen LogP contribution < -0.4 is 4.90 Å². The molecular weight excluding hydrogens is 435 g/mol. The minimum atomic E-state index is -5.04. The smallest absolute Gasteiger partial charge is 0.292 e. The summed E-state index contributed by atoms with van der Waals surface area (Å²) in [6.45, 7) is 0. The highest BCUT2D eigenvalue weighted by Gasteiger charge is 2.42. The van der Waals surface area contributed by atoms with Crippen LogP contribution in [0.2, 0.25) is 0 Å². The van der Waals surface area contributed by atoms with Crippen LogP contribution in [-0.4, -0.2) is 38.5 Å². The first-order chi connectivity index (χ1) is 15.8. The SMILES string of the molecule is CN(C(=O)C(F)(F)F)c1ccc2c(-c3cnn(C(CC#N)C4CCCC4)c3)c(C#N)cnn12. The van der Waals surface area contributed by atoms with Crippen molar-refractivity contribution in [1.82, 2.24) is 19.4 Å². The Balaban J connectivity index is 1.78. The molecule has 1 aliphatic carbocycles. The van der Waals surface area contributed by atoms with E-state index in [4.69, 9.17) is 0 Å². The molecule has 0 bridgehead atoms. The van der Waals surface area contributed by atoms with Crippen molar-refractivity contribution in [3.8, 4) is 23.3 Å². The molecular formula is C22H20F3N7O. The second-order valence-electron chi connectivity index (χ2n) is 8.08. The van der Waals surface area contributed by atoms with Crippen molar-refractivity contribution in [2.45, 2.75) is 44.3 Å². The molecule has 3 aromatic heterocycles. The van der Waals surface area contributed by atoms with Crippen molar-refractivity contribution in [3.05, 3.63) is 36.3 Å². The molecule has 0 radical (unpaired) electrons. The monoisotopic (exact) mass is 455 g/mol. The molecule has 3 aromatic rings. The fourth-order valence-electron chi connectivity index (χ4n) is 4.54. The summed E-state index contributed by atoms with van der Waals surface area (Å²) in [4.78, 5) is 12.2. The van der Waals surface area contributed by atoms with E-state index in [2.05, 4.69) is 22.3 Å². The summed E-state index contributed by atoms with van der Waals surface area (Å²) < 4.78 is 41.7. The number of nitriles is 2. The Morgan fingerprint density at radius 3 is 2.61 bits per heavy atom. The van der Waals surface area contributed by atoms with E-state index in [-0.39, 0.29) is 17.4 Å². The molecule has 4 rings (SSSR count). The van der Waals surface area contributed by atoms with Gasteiger partial charge in [-0.1, -0.05) is 12.8 Å². The maximum absolute atomic E-state index is 12.9. The zero-order valence-electron chi connectivity index (χ0n) is 17.7. The van der Waals surface area contributed by atoms with E-state index in [1.54, 1.807) is 17.1 Å². The number of alkyl halides is 3. The molecule has 170 valence electrons. The summed E-state index contributed by atoms with van der Waals surface area (Å²) in [5.41, 5.74) is 1.60. The van der Waals surface area contributed by atoms with Gasteiger partial charge in [-0.15, -0.1) is 0 Å². The number of fused-ring (bicyclic) bond motifs is 1. The highest BCUT2D eigenvalue weighted by molar-refractivity contribution is 5.97. The number of amides is 1. The fraction of sp³-hybridized carbons (Fsp3) is 0.409. The average Bonchev–Trinajstić information content (AvgIpc) is 3.55. The molecule has 1 fully saturated rings. The van der Waals surface area contributed by atoms with Gasteiger partial charge in [0.1, 0.15) is 11.9 Å². The van der Waals surface area contributed by atoms with Crippen molar-refractivity contribution in [1.29, 1.82) is 10.5 Å². The topological polar surface area (TPSA) is 103 Å². The number of carbonyl (C=O) groups excluding carboxylic acids is 1. The molecule has 0 saturated heterocycles. The molecule has 0 N–H and O–H groups in total. The summed E-state index contributed by atoms with van der Waals surface area (Å²) in [5, 5.41) is 27.5. The van der Waals surface area contributed by atoms with E-state index in [1.807, 2.05) is 0 Å². The summed E-state index contributed by atoms with van der Waals surface area (Å²) in [7, 11) is 1.02. The van der Waals surface area contributed by atoms with Crippen molar-refractivity contribution in [3.63, 3.8) is 0 Å². The highest BCUT2D eigenvalue weighted by atomic mass is 19.4. The number of aromatic nitrogens is 4. The van der Waals surface area contributed by atoms with Crippen LogP contribution in [0.1, 0.15) is 43.7 Å². The molecule has 1 unspecified atom stereocenters. The molecule has 11 heteroatoms. The molecule has 1 amide bonds. The fourth-order valence-corrected chi connectivity index (χ4v) is 4.54. The highest BCUT2D eigenvalue weighted by Crippen LogP contribution is 2.37. The first-order valence-corrected chi connectivity index (χ1v) is 10.4. The van der Waals surface area contributed by atoms with Crippen LogP contribution in [0.25, 0.3) is 16.6 Å². The van der Waals surface area contributed by atoms with E-state index in [1.165, 1.54) is 22.8 Å². The predicted octanol–water partition coefficient (Wildman–Crippen LogP) is 4.24. The number of hydrogen-bond donors (Lipinski definition) is 0. The summed E-state index contributed by atoms with van der Waals surface area (Å²) in [5.74, 6) is -1.77. The Kier molecular flexibility index (Phi) is 5.81. The van der Waals surface area contributed by atoms with Gasteiger partial charge < -0.3 is 0 Å². The maximum atomic E-state index is 12.9. The lowest BCUT2D eigenvalue weighted by atomic mass is 9.96. The molecule has 0 aliphatic heterocycles. The van der Waals surface area contributed by atoms with Gasteiger partial charge in [0.2, 0.25) is 0 Å². The number of rotatable bonds is 5. The van der Waals surface area contributed by atoms with Crippen LogP contribution in [0.3, 0.4) is 0 Å². The van der Waals surface area contributed by atoms with E-state index in [0.717, 1.165) is 32.7 Å². The largest absolute Gasteiger partial charge is 0.471 e. The minimum absolute atomic E-state index is 0.0845. The van der Waals surface area contributed by atoms with Gasteiger partial charge in [0.25, 0.3) is 0 Å². The molecule has 1 atom stereocenters. The predicted molar refractivity (Wildman–Crippen MR) is 112 cm³/mol. The molecule has 0 spiro atoms. The Hall–Kier alpha value is -3.86. The lowest BCUT2D eigenvalue weighted by Crippen LogP contribution is -2.39. The van der Waals surface area contributed by atoms with Crippen LogP contribution in [0.15, 0.2) is 30.7 Å². The Morgan fingerprint density at radius 2 is 1.97 bits per heavy atom. The van der Waals surface area contributed by atoms with Crippen molar-refractivity contribution in [2.24, 2.45) is 5.92 Å². The van der Waals surface area contributed by atoms with Gasteiger partial charge >= 0.3 is 12.1 Å². The van der Waals surface area contributed by atoms with Gasteiger partial charge in [0.15, 0.2) is 0 Å². The van der Waals surface area contributed by atoms with Crippen molar-refractivity contribution in [2.75, 3.05) is 11.9 Å². The number of carbonyl (C=O) groups is 1. The van der Waals surface area contributed by atoms with Crippen LogP contribution >= 0.6 is 0 Å². The summed E-state index contributed by atoms with van der Waals surface area (Å²) >= 11 is 0. The molecule has 33 heavy (non-hydrogen) atoms. The maximum Gasteiger partial charge on any atom is 0.471 e. The second kappa shape index (κ2) is 8.58. The van der Waals surface area contributed by atoms with E-state index >= 15 is 0 Å². The summed E-state index contributed by atoms with van der Waals surface area (Å²) in [6.07, 6.45) is 4.12. The number of nitrogens with zero attached hydrogens (tertiary/aromatic N) is 7. The van der Waals surface area contributed by atoms with Gasteiger partial charge in [-0.05, 0) is 30.9 Å². The number of halogens is 3. The Bertz CT molecular complexity index is 1270. The zero-order chi connectivity index (χ0) is 23.8. The van der Waals surface area contributed by atoms with Gasteiger partial charge in [-0.2, -0.15) is 33.9 Å². The van der Waals surface area contributed by atoms with Gasteiger partial charge in [0, 0.05) is 24.4 Å². The van der Waals surface area contributed by atoms with Crippen molar-refractivity contribution >= 4 is 17.2 Å². The average molecular weight is 455 g/mol. The Morgan fingerprint density at radius 1 is 1.24 bits per heavy atom. The third kappa shape index (κ3) is 4.02. The minimum Gasteiger partial charge on any atom is -0.292 e. The first kappa shape index (κ1) is 22.3. The first-order valence-electron chi connectivity index (χ1n) is 10.4. The van der Waals surface area contributed by atoms with Gasteiger partial charge in [0.05, 0.1) is 42.0 Å². The van der Waals surface area contributed by atoms with Crippen molar-refractivity contribution < 1.29 is 18.0 Å². The Labute approximate surface area is 187 Å². The van der Waals surface area contributed by atoms with Gasteiger partial charge in [-0.25, -0.2) is 4.52 Å². The lowest BCUT2D eigenvalue weighted by Gasteiger charge is -2.21. The quantitative estimate of drug-likeness (QED) is 0.573. The lowest BCUT2D eigenvalue weighted by molar-refractivity contribution is -0.170. The molecule has 1 aliphatic rings. The van der Waals surface area contributed by atoms with E-state index in [0.29, 0.717) is 33.9 Å². The molecule has 8 nitrogen and oxygen atoms in total. The standard InChI is InChI=1S/C22H20F3N7O/c1-30(21(33)22(23,24)25)19-7-6-18-20(15(10-27)11-29-32(18)19)16-12-28-31(13-16)17(8-9-26)14-4-2-3-5-14/h6-7,11-14,17H,2-5,8H2,1H3. The molecule has 1 saturated carbocycles. The third-order valence-corrected chi connectivity index (χ3v) is 6.15. The number of hydrogen-bond acceptors (Lipinski definition) is 5. The normalized spacial score (nSPS) is 15.3. The molecule has 3 heterocycles. The zero-order valence-corrected chi connectivity index (χ0v) is 17.7. The molecule has 0 aromatic carbocycles. The van der Waals surface area contributed by atoms with Crippen LogP contribution in [-0.2, 0) is 4.79 Å². The van der Waals surface area contributed by atoms with Crippen LogP contribution in [0, 0.1) is 28.6 Å². The number of anilines is 1. The van der Waals surface area contributed by atoms with E-state index < -0.39 is 12.1 Å². The van der Waals surface area contributed by atoms with E-state index in [9.17, 15) is 28.5 Å². The van der Waals surface area contributed by atoms with Crippen LogP contribution in [0.4, 0.5) is 19.0 Å². The summed E-state index contributed by atoms with van der Waals surface area (Å²) in [6, 6.07) is 7.06. The van der Waals surface area contributed by atoms with Crippen LogP contribution in [0.5, 0.6) is 0 Å². The van der Waals surface area contributed by atoms with Gasteiger partial charge in [-0.3, -0.25) is 14.4 Å². The third-order valence-electron chi connectivity index (χ3n) is 6.15.